The second kappa shape index (κ2) is 6.35. The van der Waals surface area contributed by atoms with Gasteiger partial charge in [0.05, 0.1) is 4.88 Å². The molecule has 0 radical (unpaired) electrons. The van der Waals surface area contributed by atoms with Gasteiger partial charge in [-0.1, -0.05) is 0 Å². The number of rotatable bonds is 5. The third kappa shape index (κ3) is 3.38. The zero-order chi connectivity index (χ0) is 16.4. The molecule has 8 heteroatoms. The van der Waals surface area contributed by atoms with Crippen molar-refractivity contribution in [2.45, 2.75) is 25.8 Å². The van der Waals surface area contributed by atoms with Gasteiger partial charge in [-0.15, -0.1) is 11.3 Å². The van der Waals surface area contributed by atoms with Crippen LogP contribution in [0, 0.1) is 12.7 Å². The summed E-state index contributed by atoms with van der Waals surface area (Å²) in [5, 5.41) is 11.5. The van der Waals surface area contributed by atoms with Crippen LogP contribution in [-0.2, 0) is 4.79 Å². The van der Waals surface area contributed by atoms with Gasteiger partial charge in [0, 0.05) is 11.1 Å². The zero-order valence-corrected chi connectivity index (χ0v) is 12.2. The number of amides is 1. The number of halogens is 3. The number of thiophene rings is 1. The van der Waals surface area contributed by atoms with Crippen LogP contribution in [0.1, 0.15) is 21.7 Å². The van der Waals surface area contributed by atoms with Crippen LogP contribution in [-0.4, -0.2) is 29.5 Å². The quantitative estimate of drug-likeness (QED) is 0.884. The molecule has 0 aliphatic heterocycles. The standard InChI is InChI=1S/C14H12F3NO3S/c1-6-8-4-7(15)2-3-10(8)22-12(6)13(19)18-9(14(20)21)5-11(16)17/h2-4,9,11H,5H2,1H3,(H,18,19)(H,20,21). The Bertz CT molecular complexity index is 729. The summed E-state index contributed by atoms with van der Waals surface area (Å²) in [7, 11) is 0. The van der Waals surface area contributed by atoms with Crippen LogP contribution >= 0.6 is 11.3 Å². The molecule has 0 aliphatic carbocycles. The first kappa shape index (κ1) is 16.3. The molecule has 1 aromatic heterocycles. The van der Waals surface area contributed by atoms with E-state index in [0.717, 1.165) is 11.3 Å². The summed E-state index contributed by atoms with van der Waals surface area (Å²) in [5.74, 6) is -2.74. The van der Waals surface area contributed by atoms with Gasteiger partial charge in [0.2, 0.25) is 6.43 Å². The number of carbonyl (C=O) groups is 2. The Morgan fingerprint density at radius 3 is 2.64 bits per heavy atom. The average molecular weight is 331 g/mol. The average Bonchev–Trinajstić information content (AvgIpc) is 2.74. The fourth-order valence-corrected chi connectivity index (χ4v) is 3.13. The maximum Gasteiger partial charge on any atom is 0.326 e. The molecular formula is C14H12F3NO3S. The Balaban J connectivity index is 2.29. The molecule has 2 N–H and O–H groups in total. The van der Waals surface area contributed by atoms with Crippen molar-refractivity contribution >= 4 is 33.3 Å². The van der Waals surface area contributed by atoms with Crippen LogP contribution in [0.15, 0.2) is 18.2 Å². The number of benzene rings is 1. The van der Waals surface area contributed by atoms with Crippen molar-refractivity contribution in [3.05, 3.63) is 34.5 Å². The van der Waals surface area contributed by atoms with E-state index in [1.165, 1.54) is 18.2 Å². The number of fused-ring (bicyclic) bond motifs is 1. The van der Waals surface area contributed by atoms with Gasteiger partial charge < -0.3 is 10.4 Å². The van der Waals surface area contributed by atoms with Crippen molar-refractivity contribution in [1.82, 2.24) is 5.32 Å². The summed E-state index contributed by atoms with van der Waals surface area (Å²) in [6.45, 7) is 1.59. The molecule has 0 fully saturated rings. The number of aliphatic carboxylic acids is 1. The SMILES string of the molecule is Cc1c(C(=O)NC(CC(F)F)C(=O)O)sc2ccc(F)cc12. The van der Waals surface area contributed by atoms with Gasteiger partial charge in [-0.05, 0) is 36.1 Å². The number of aryl methyl sites for hydroxylation is 1. The van der Waals surface area contributed by atoms with E-state index in [9.17, 15) is 22.8 Å². The van der Waals surface area contributed by atoms with Gasteiger partial charge in [0.25, 0.3) is 5.91 Å². The maximum atomic E-state index is 13.2. The third-order valence-corrected chi connectivity index (χ3v) is 4.39. The second-order valence-corrected chi connectivity index (χ2v) is 5.74. The van der Waals surface area contributed by atoms with Crippen LogP contribution < -0.4 is 5.32 Å². The summed E-state index contributed by atoms with van der Waals surface area (Å²) in [4.78, 5) is 23.2. The number of nitrogens with one attached hydrogen (secondary N) is 1. The Morgan fingerprint density at radius 1 is 1.36 bits per heavy atom. The van der Waals surface area contributed by atoms with Crippen molar-refractivity contribution in [3.8, 4) is 0 Å². The maximum absolute atomic E-state index is 13.2. The van der Waals surface area contributed by atoms with E-state index in [-0.39, 0.29) is 4.88 Å². The van der Waals surface area contributed by atoms with Gasteiger partial charge in [-0.2, -0.15) is 0 Å². The molecule has 1 aromatic carbocycles. The number of alkyl halides is 2. The van der Waals surface area contributed by atoms with E-state index in [1.54, 1.807) is 6.92 Å². The van der Waals surface area contributed by atoms with Crippen LogP contribution in [0.4, 0.5) is 13.2 Å². The summed E-state index contributed by atoms with van der Waals surface area (Å²) >= 11 is 1.05. The first-order valence-corrected chi connectivity index (χ1v) is 7.11. The molecule has 0 saturated carbocycles. The number of carboxylic acids is 1. The molecule has 0 spiro atoms. The first-order chi connectivity index (χ1) is 10.3. The number of carboxylic acid groups (broad SMARTS) is 1. The van der Waals surface area contributed by atoms with Crippen LogP contribution in [0.3, 0.4) is 0 Å². The van der Waals surface area contributed by atoms with Crippen LogP contribution in [0.5, 0.6) is 0 Å². The normalized spacial score (nSPS) is 12.6. The van der Waals surface area contributed by atoms with Crippen LogP contribution in [0.2, 0.25) is 0 Å². The minimum absolute atomic E-state index is 0.182. The number of carbonyl (C=O) groups excluding carboxylic acids is 1. The summed E-state index contributed by atoms with van der Waals surface area (Å²) < 4.78 is 38.6. The zero-order valence-electron chi connectivity index (χ0n) is 11.4. The fourth-order valence-electron chi connectivity index (χ4n) is 2.03. The molecule has 0 saturated heterocycles. The predicted molar refractivity (Wildman–Crippen MR) is 76.0 cm³/mol. The summed E-state index contributed by atoms with van der Waals surface area (Å²) in [6.07, 6.45) is -3.82. The van der Waals surface area contributed by atoms with Crippen LogP contribution in [0.25, 0.3) is 10.1 Å². The lowest BCUT2D eigenvalue weighted by molar-refractivity contribution is -0.140. The minimum Gasteiger partial charge on any atom is -0.480 e. The highest BCUT2D eigenvalue weighted by atomic mass is 32.1. The molecule has 22 heavy (non-hydrogen) atoms. The topological polar surface area (TPSA) is 66.4 Å². The molecule has 1 amide bonds. The van der Waals surface area contributed by atoms with Crippen molar-refractivity contribution in [3.63, 3.8) is 0 Å². The van der Waals surface area contributed by atoms with Crippen molar-refractivity contribution in [1.29, 1.82) is 0 Å². The highest BCUT2D eigenvalue weighted by Crippen LogP contribution is 2.31. The molecule has 118 valence electrons. The highest BCUT2D eigenvalue weighted by Gasteiger charge is 2.26. The van der Waals surface area contributed by atoms with E-state index in [2.05, 4.69) is 5.32 Å². The van der Waals surface area contributed by atoms with Gasteiger partial charge in [0.1, 0.15) is 11.9 Å². The lowest BCUT2D eigenvalue weighted by atomic mass is 10.1. The Kier molecular flexibility index (Phi) is 4.70. The molecule has 1 atom stereocenters. The first-order valence-electron chi connectivity index (χ1n) is 6.30. The molecule has 2 aromatic rings. The van der Waals surface area contributed by atoms with Gasteiger partial charge in [-0.25, -0.2) is 18.0 Å². The van der Waals surface area contributed by atoms with E-state index >= 15 is 0 Å². The van der Waals surface area contributed by atoms with Crippen molar-refractivity contribution in [2.75, 3.05) is 0 Å². The van der Waals surface area contributed by atoms with E-state index in [4.69, 9.17) is 5.11 Å². The lowest BCUT2D eigenvalue weighted by Crippen LogP contribution is -2.41. The van der Waals surface area contributed by atoms with E-state index in [1.807, 2.05) is 0 Å². The molecule has 0 aliphatic rings. The monoisotopic (exact) mass is 331 g/mol. The summed E-state index contributed by atoms with van der Waals surface area (Å²) in [5.41, 5.74) is 0.484. The minimum atomic E-state index is -2.85. The predicted octanol–water partition coefficient (Wildman–Crippen LogP) is 3.19. The van der Waals surface area contributed by atoms with Gasteiger partial charge >= 0.3 is 5.97 Å². The van der Waals surface area contributed by atoms with E-state index in [0.29, 0.717) is 15.6 Å². The molecule has 4 nitrogen and oxygen atoms in total. The molecular weight excluding hydrogens is 319 g/mol. The lowest BCUT2D eigenvalue weighted by Gasteiger charge is -2.13. The van der Waals surface area contributed by atoms with Gasteiger partial charge in [-0.3, -0.25) is 4.79 Å². The van der Waals surface area contributed by atoms with Crippen molar-refractivity contribution < 1.29 is 27.9 Å². The Hall–Kier alpha value is -2.09. The molecule has 0 bridgehead atoms. The summed E-state index contributed by atoms with van der Waals surface area (Å²) in [6, 6.07) is 2.35. The smallest absolute Gasteiger partial charge is 0.326 e. The largest absolute Gasteiger partial charge is 0.480 e. The Morgan fingerprint density at radius 2 is 2.05 bits per heavy atom. The number of hydrogen-bond acceptors (Lipinski definition) is 3. The number of hydrogen-bond donors (Lipinski definition) is 2. The fraction of sp³-hybridized carbons (Fsp3) is 0.286. The highest BCUT2D eigenvalue weighted by molar-refractivity contribution is 7.21. The van der Waals surface area contributed by atoms with Gasteiger partial charge in [0.15, 0.2) is 0 Å². The van der Waals surface area contributed by atoms with E-state index < -0.39 is 36.6 Å². The van der Waals surface area contributed by atoms with Crippen molar-refractivity contribution in [2.24, 2.45) is 0 Å². The molecule has 1 unspecified atom stereocenters. The third-order valence-electron chi connectivity index (χ3n) is 3.12. The Labute approximate surface area is 127 Å². The second-order valence-electron chi connectivity index (χ2n) is 4.69. The molecule has 2 rings (SSSR count). The molecule has 1 heterocycles.